The molecule has 3 heteroatoms. The molecular weight excluding hydrogens is 457 g/mol. The van der Waals surface area contributed by atoms with Crippen molar-refractivity contribution in [1.82, 2.24) is 0 Å². The van der Waals surface area contributed by atoms with Gasteiger partial charge in [-0.3, -0.25) is 0 Å². The Labute approximate surface area is 215 Å². The lowest BCUT2D eigenvalue weighted by molar-refractivity contribution is 0.961. The molecule has 0 heterocycles. The molecular formula is C31H49Si3. The van der Waals surface area contributed by atoms with E-state index in [0.29, 0.717) is 0 Å². The molecule has 185 valence electrons. The average Bonchev–Trinajstić information content (AvgIpc) is 2.78. The summed E-state index contributed by atoms with van der Waals surface area (Å²) >= 11 is 0. The van der Waals surface area contributed by atoms with Gasteiger partial charge in [0.15, 0.2) is 0 Å². The van der Waals surface area contributed by atoms with Crippen LogP contribution in [0.2, 0.25) is 58.7 Å². The summed E-state index contributed by atoms with van der Waals surface area (Å²) in [5.41, 5.74) is 0. The average molecular weight is 506 g/mol. The van der Waals surface area contributed by atoms with Crippen molar-refractivity contribution < 1.29 is 0 Å². The van der Waals surface area contributed by atoms with Gasteiger partial charge in [0.1, 0.15) is 0 Å². The Morgan fingerprint density at radius 1 is 0.353 bits per heavy atom. The van der Waals surface area contributed by atoms with Crippen molar-refractivity contribution in [3.05, 3.63) is 133 Å². The van der Waals surface area contributed by atoms with Crippen LogP contribution in [0.3, 0.4) is 0 Å². The van der Waals surface area contributed by atoms with Crippen LogP contribution in [0, 0.1) is 6.42 Å². The third-order valence-corrected chi connectivity index (χ3v) is 32.4. The van der Waals surface area contributed by atoms with Gasteiger partial charge in [-0.2, -0.15) is 0 Å². The van der Waals surface area contributed by atoms with Crippen LogP contribution in [0.5, 0.6) is 0 Å². The summed E-state index contributed by atoms with van der Waals surface area (Å²) in [6.45, 7) is 42.6. The quantitative estimate of drug-likeness (QED) is 0.0956. The molecule has 0 unspecified atom stereocenters. The largest absolute Gasteiger partial charge is 0.103 e. The molecule has 0 aliphatic carbocycles. The molecule has 0 aromatic heterocycles. The van der Waals surface area contributed by atoms with Crippen molar-refractivity contribution in [3.8, 4) is 0 Å². The SMILES string of the molecule is C=C[CH]C([Si](CC=C)(CC=C)CC=C)([Si](CC=C)(CC=C)CC=C)[Si](CC=C)(CC=C)CC=C. The standard InChI is InChI=1S/C31H49Si3/c1-11-21-31(32(22-12-2,23-13-3)24-14-4,33(25-15-5,26-16-6)27-17-7)34(28-18-8,29-19-9)30-20-10/h11-21H,1-10,22-30H2. The van der Waals surface area contributed by atoms with Gasteiger partial charge in [-0.25, -0.2) is 0 Å². The lowest BCUT2D eigenvalue weighted by Gasteiger charge is -2.66. The highest BCUT2D eigenvalue weighted by Crippen LogP contribution is 2.66. The molecule has 0 fully saturated rings. The van der Waals surface area contributed by atoms with Gasteiger partial charge in [-0.05, 0) is 65.1 Å². The van der Waals surface area contributed by atoms with E-state index in [4.69, 9.17) is 0 Å². The van der Waals surface area contributed by atoms with E-state index in [1.807, 2.05) is 0 Å². The fourth-order valence-electron chi connectivity index (χ4n) is 7.08. The summed E-state index contributed by atoms with van der Waals surface area (Å²) in [6, 6.07) is 8.96. The van der Waals surface area contributed by atoms with E-state index >= 15 is 0 Å². The molecule has 0 nitrogen and oxygen atoms in total. The first-order valence-electron chi connectivity index (χ1n) is 12.3. The fourth-order valence-corrected chi connectivity index (χ4v) is 36.9. The topological polar surface area (TPSA) is 0 Å². The fraction of sp³-hybridized carbons (Fsp3) is 0.323. The smallest absolute Gasteiger partial charge is 0.0664 e. The molecule has 0 rings (SSSR count). The van der Waals surface area contributed by atoms with Crippen LogP contribution in [-0.2, 0) is 0 Å². The Bertz CT molecular complexity index is 582. The minimum atomic E-state index is -2.23. The van der Waals surface area contributed by atoms with E-state index in [0.717, 1.165) is 54.4 Å². The van der Waals surface area contributed by atoms with Gasteiger partial charge in [0.25, 0.3) is 0 Å². The van der Waals surface area contributed by atoms with Gasteiger partial charge in [-0.1, -0.05) is 60.8 Å². The van der Waals surface area contributed by atoms with Gasteiger partial charge in [0.2, 0.25) is 0 Å². The zero-order chi connectivity index (χ0) is 26.1. The second-order valence-corrected chi connectivity index (χ2v) is 24.7. The molecule has 0 spiro atoms. The Morgan fingerprint density at radius 2 is 0.529 bits per heavy atom. The molecule has 0 aliphatic heterocycles. The summed E-state index contributed by atoms with van der Waals surface area (Å²) in [7, 11) is -6.70. The molecule has 0 aromatic rings. The van der Waals surface area contributed by atoms with Crippen LogP contribution in [0.1, 0.15) is 0 Å². The summed E-state index contributed by atoms with van der Waals surface area (Å²) < 4.78 is -0.0154. The van der Waals surface area contributed by atoms with E-state index in [1.54, 1.807) is 0 Å². The Hall–Kier alpha value is -1.95. The highest BCUT2D eigenvalue weighted by atomic mass is 28.5. The van der Waals surface area contributed by atoms with Crippen molar-refractivity contribution in [3.63, 3.8) is 0 Å². The van der Waals surface area contributed by atoms with Crippen molar-refractivity contribution in [2.24, 2.45) is 0 Å². The molecule has 1 radical (unpaired) electrons. The second-order valence-electron chi connectivity index (χ2n) is 9.49. The molecule has 0 bridgehead atoms. The van der Waals surface area contributed by atoms with Crippen LogP contribution in [0.15, 0.2) is 127 Å². The lowest BCUT2D eigenvalue weighted by atomic mass is 10.5. The normalized spacial score (nSPS) is 12.1. The van der Waals surface area contributed by atoms with E-state index < -0.39 is 24.2 Å². The number of allylic oxidation sites excluding steroid dienone is 10. The molecule has 0 aliphatic rings. The highest BCUT2D eigenvalue weighted by molar-refractivity contribution is 7.19. The van der Waals surface area contributed by atoms with E-state index in [-0.39, 0.29) is 4.28 Å². The van der Waals surface area contributed by atoms with Crippen molar-refractivity contribution in [2.75, 3.05) is 0 Å². The minimum Gasteiger partial charge on any atom is -0.103 e. The minimum absolute atomic E-state index is 0.0154. The van der Waals surface area contributed by atoms with Crippen LogP contribution in [0.4, 0.5) is 0 Å². The van der Waals surface area contributed by atoms with Crippen LogP contribution >= 0.6 is 0 Å². The molecule has 0 saturated heterocycles. The zero-order valence-electron chi connectivity index (χ0n) is 21.8. The predicted molar refractivity (Wildman–Crippen MR) is 169 cm³/mol. The molecule has 0 N–H and O–H groups in total. The molecule has 0 aromatic carbocycles. The molecule has 0 saturated carbocycles. The van der Waals surface area contributed by atoms with E-state index in [2.05, 4.69) is 133 Å². The third kappa shape index (κ3) is 5.99. The van der Waals surface area contributed by atoms with Crippen molar-refractivity contribution in [1.29, 1.82) is 0 Å². The Balaban J connectivity index is 8.45. The summed E-state index contributed by atoms with van der Waals surface area (Å²) in [4.78, 5) is 0. The first-order chi connectivity index (χ1) is 16.4. The maximum atomic E-state index is 4.31. The number of hydrogen-bond acceptors (Lipinski definition) is 0. The zero-order valence-corrected chi connectivity index (χ0v) is 24.8. The van der Waals surface area contributed by atoms with Gasteiger partial charge in [0.05, 0.1) is 24.2 Å². The summed E-state index contributed by atoms with van der Waals surface area (Å²) in [5.74, 6) is 0. The summed E-state index contributed by atoms with van der Waals surface area (Å²) in [5, 5.41) is 0. The first kappa shape index (κ1) is 32.1. The molecule has 34 heavy (non-hydrogen) atoms. The van der Waals surface area contributed by atoms with Crippen LogP contribution < -0.4 is 0 Å². The lowest BCUT2D eigenvalue weighted by Crippen LogP contribution is -2.73. The Morgan fingerprint density at radius 3 is 0.647 bits per heavy atom. The van der Waals surface area contributed by atoms with Gasteiger partial charge in [-0.15, -0.1) is 65.8 Å². The molecule has 0 atom stereocenters. The number of hydrogen-bond donors (Lipinski definition) is 0. The Kier molecular flexibility index (Phi) is 14.9. The highest BCUT2D eigenvalue weighted by Gasteiger charge is 2.69. The van der Waals surface area contributed by atoms with E-state index in [1.165, 1.54) is 0 Å². The van der Waals surface area contributed by atoms with Crippen molar-refractivity contribution in [2.45, 2.75) is 58.7 Å². The molecule has 0 amide bonds. The van der Waals surface area contributed by atoms with Crippen molar-refractivity contribution >= 4 is 24.2 Å². The third-order valence-electron chi connectivity index (χ3n) is 7.69. The second kappa shape index (κ2) is 15.9. The summed E-state index contributed by atoms with van der Waals surface area (Å²) in [6.07, 6.45) is 23.9. The number of rotatable bonds is 23. The van der Waals surface area contributed by atoms with Gasteiger partial charge in [0, 0.05) is 0 Å². The maximum Gasteiger partial charge on any atom is 0.0664 e. The van der Waals surface area contributed by atoms with Crippen LogP contribution in [-0.4, -0.2) is 24.2 Å². The van der Waals surface area contributed by atoms with Gasteiger partial charge < -0.3 is 0 Å². The maximum absolute atomic E-state index is 4.31. The van der Waals surface area contributed by atoms with Gasteiger partial charge >= 0.3 is 0 Å². The van der Waals surface area contributed by atoms with Crippen LogP contribution in [0.25, 0.3) is 0 Å². The predicted octanol–water partition coefficient (Wildman–Crippen LogP) is 10.2. The monoisotopic (exact) mass is 505 g/mol. The first-order valence-corrected chi connectivity index (χ1v) is 20.2. The van der Waals surface area contributed by atoms with E-state index in [9.17, 15) is 0 Å².